The van der Waals surface area contributed by atoms with Gasteiger partial charge in [-0.25, -0.2) is 0 Å². The summed E-state index contributed by atoms with van der Waals surface area (Å²) in [7, 11) is 0. The van der Waals surface area contributed by atoms with E-state index in [1.807, 2.05) is 17.0 Å². The number of benzene rings is 2. The molecule has 3 rings (SSSR count). The number of amides is 1. The first kappa shape index (κ1) is 23.4. The van der Waals surface area contributed by atoms with Crippen LogP contribution in [0.5, 0.6) is 5.75 Å². The van der Waals surface area contributed by atoms with Crippen molar-refractivity contribution in [1.29, 1.82) is 0 Å². The number of para-hydroxylation sites is 1. The van der Waals surface area contributed by atoms with E-state index in [-0.39, 0.29) is 5.69 Å². The highest BCUT2D eigenvalue weighted by Gasteiger charge is 2.34. The summed E-state index contributed by atoms with van der Waals surface area (Å²) >= 11 is 5.85. The molecule has 2 aromatic carbocycles. The Morgan fingerprint density at radius 2 is 1.74 bits per heavy atom. The van der Waals surface area contributed by atoms with Crippen LogP contribution in [0.1, 0.15) is 12.5 Å². The molecule has 0 radical (unpaired) electrons. The fraction of sp³-hybridized carbons (Fsp3) is 0.409. The molecule has 0 unspecified atom stereocenters. The summed E-state index contributed by atoms with van der Waals surface area (Å²) in [5.74, 6) is 0.309. The zero-order valence-electron chi connectivity index (χ0n) is 17.2. The number of hydrogen-bond donors (Lipinski definition) is 1. The smallest absolute Gasteiger partial charge is 0.418 e. The number of piperazine rings is 1. The third-order valence-electron chi connectivity index (χ3n) is 5.31. The van der Waals surface area contributed by atoms with E-state index in [0.717, 1.165) is 31.5 Å². The number of alkyl halides is 3. The summed E-state index contributed by atoms with van der Waals surface area (Å²) in [6.07, 6.45) is -4.52. The fourth-order valence-corrected chi connectivity index (χ4v) is 3.57. The van der Waals surface area contributed by atoms with Crippen LogP contribution in [0, 0.1) is 0 Å². The van der Waals surface area contributed by atoms with Crippen molar-refractivity contribution >= 4 is 23.2 Å². The summed E-state index contributed by atoms with van der Waals surface area (Å²) < 4.78 is 45.1. The van der Waals surface area contributed by atoms with E-state index < -0.39 is 23.7 Å². The summed E-state index contributed by atoms with van der Waals surface area (Å²) in [6.45, 7) is 5.79. The minimum absolute atomic E-state index is 0.218. The largest absolute Gasteiger partial charge is 0.492 e. The van der Waals surface area contributed by atoms with Crippen molar-refractivity contribution < 1.29 is 22.7 Å². The Morgan fingerprint density at radius 3 is 2.39 bits per heavy atom. The van der Waals surface area contributed by atoms with Gasteiger partial charge in [0, 0.05) is 37.7 Å². The van der Waals surface area contributed by atoms with Crippen molar-refractivity contribution in [2.24, 2.45) is 0 Å². The molecule has 0 aliphatic carbocycles. The Labute approximate surface area is 184 Å². The van der Waals surface area contributed by atoms with Crippen molar-refractivity contribution in [2.45, 2.75) is 19.1 Å². The second kappa shape index (κ2) is 10.3. The Bertz CT molecular complexity index is 869. The predicted molar refractivity (Wildman–Crippen MR) is 114 cm³/mol. The molecular weight excluding hydrogens is 431 g/mol. The second-order valence-corrected chi connectivity index (χ2v) is 7.82. The third kappa shape index (κ3) is 6.59. The van der Waals surface area contributed by atoms with Crippen molar-refractivity contribution in [1.82, 2.24) is 9.80 Å². The summed E-state index contributed by atoms with van der Waals surface area (Å²) in [4.78, 5) is 16.8. The monoisotopic (exact) mass is 455 g/mol. The lowest BCUT2D eigenvalue weighted by atomic mass is 10.1. The molecule has 1 heterocycles. The van der Waals surface area contributed by atoms with Crippen molar-refractivity contribution in [2.75, 3.05) is 44.6 Å². The van der Waals surface area contributed by atoms with E-state index in [9.17, 15) is 18.0 Å². The lowest BCUT2D eigenvalue weighted by molar-refractivity contribution is -0.137. The first-order valence-corrected chi connectivity index (χ1v) is 10.4. The normalized spacial score (nSPS) is 16.7. The van der Waals surface area contributed by atoms with E-state index in [1.165, 1.54) is 18.2 Å². The molecule has 0 bridgehead atoms. The highest BCUT2D eigenvalue weighted by molar-refractivity contribution is 6.30. The third-order valence-corrected chi connectivity index (χ3v) is 5.57. The van der Waals surface area contributed by atoms with Gasteiger partial charge >= 0.3 is 6.18 Å². The number of carbonyl (C=O) groups excluding carboxylic acids is 1. The number of ether oxygens (including phenoxy) is 1. The van der Waals surface area contributed by atoms with Crippen LogP contribution in [0.2, 0.25) is 5.02 Å². The van der Waals surface area contributed by atoms with Gasteiger partial charge in [-0.2, -0.15) is 13.2 Å². The van der Waals surface area contributed by atoms with E-state index in [4.69, 9.17) is 16.3 Å². The maximum atomic E-state index is 13.1. The zero-order valence-corrected chi connectivity index (χ0v) is 17.9. The molecule has 9 heteroatoms. The minimum atomic E-state index is -4.52. The van der Waals surface area contributed by atoms with Crippen LogP contribution >= 0.6 is 11.6 Å². The Balaban J connectivity index is 1.45. The summed E-state index contributed by atoms with van der Waals surface area (Å²) in [5.41, 5.74) is -1.06. The van der Waals surface area contributed by atoms with Gasteiger partial charge in [0.25, 0.3) is 0 Å². The van der Waals surface area contributed by atoms with Gasteiger partial charge in [0.05, 0.1) is 17.3 Å². The number of halogens is 4. The van der Waals surface area contributed by atoms with Gasteiger partial charge in [-0.05, 0) is 43.3 Å². The quantitative estimate of drug-likeness (QED) is 0.673. The maximum absolute atomic E-state index is 13.1. The molecule has 0 saturated carbocycles. The second-order valence-electron chi connectivity index (χ2n) is 7.39. The molecule has 1 N–H and O–H groups in total. The van der Waals surface area contributed by atoms with Crippen molar-refractivity contribution in [3.63, 3.8) is 0 Å². The molecule has 1 amide bonds. The zero-order chi connectivity index (χ0) is 22.4. The highest BCUT2D eigenvalue weighted by atomic mass is 35.5. The Hall–Kier alpha value is -2.29. The number of anilines is 1. The van der Waals surface area contributed by atoms with Crippen LogP contribution in [-0.4, -0.2) is 61.1 Å². The molecule has 31 heavy (non-hydrogen) atoms. The molecule has 0 aromatic heterocycles. The molecule has 1 aliphatic heterocycles. The van der Waals surface area contributed by atoms with Gasteiger partial charge in [0.15, 0.2) is 0 Å². The lowest BCUT2D eigenvalue weighted by Gasteiger charge is -2.37. The van der Waals surface area contributed by atoms with Crippen molar-refractivity contribution in [3.8, 4) is 5.75 Å². The maximum Gasteiger partial charge on any atom is 0.418 e. The molecule has 0 spiro atoms. The fourth-order valence-electron chi connectivity index (χ4n) is 3.44. The number of hydrogen-bond acceptors (Lipinski definition) is 4. The van der Waals surface area contributed by atoms with Crippen LogP contribution in [-0.2, 0) is 11.0 Å². The minimum Gasteiger partial charge on any atom is -0.492 e. The summed E-state index contributed by atoms with van der Waals surface area (Å²) in [5, 5.41) is 3.09. The van der Waals surface area contributed by atoms with Gasteiger partial charge < -0.3 is 10.1 Å². The van der Waals surface area contributed by atoms with Crippen LogP contribution in [0.3, 0.4) is 0 Å². The van der Waals surface area contributed by atoms with Gasteiger partial charge in [-0.15, -0.1) is 0 Å². The van der Waals surface area contributed by atoms with Crippen LogP contribution < -0.4 is 10.1 Å². The molecule has 2 aromatic rings. The first-order valence-electron chi connectivity index (χ1n) is 10.1. The van der Waals surface area contributed by atoms with Crippen LogP contribution in [0.4, 0.5) is 18.9 Å². The van der Waals surface area contributed by atoms with Crippen LogP contribution in [0.25, 0.3) is 0 Å². The lowest BCUT2D eigenvalue weighted by Crippen LogP contribution is -2.53. The molecular formula is C22H25ClF3N3O2. The Morgan fingerprint density at radius 1 is 1.10 bits per heavy atom. The average Bonchev–Trinajstić information content (AvgIpc) is 2.75. The Kier molecular flexibility index (Phi) is 7.80. The van der Waals surface area contributed by atoms with Gasteiger partial charge in [-0.1, -0.05) is 23.7 Å². The SMILES string of the molecule is C[C@@H](C(=O)Nc1ccccc1C(F)(F)F)N1CCN(CCOc2ccc(Cl)cc2)CC1. The van der Waals surface area contributed by atoms with E-state index in [2.05, 4.69) is 10.2 Å². The molecule has 1 fully saturated rings. The van der Waals surface area contributed by atoms with E-state index in [0.29, 0.717) is 24.7 Å². The van der Waals surface area contributed by atoms with Gasteiger partial charge in [0.1, 0.15) is 12.4 Å². The van der Waals surface area contributed by atoms with Crippen molar-refractivity contribution in [3.05, 3.63) is 59.1 Å². The molecule has 1 atom stereocenters. The number of nitrogens with one attached hydrogen (secondary N) is 1. The highest BCUT2D eigenvalue weighted by Crippen LogP contribution is 2.34. The average molecular weight is 456 g/mol. The first-order chi connectivity index (χ1) is 14.7. The van der Waals surface area contributed by atoms with Gasteiger partial charge in [-0.3, -0.25) is 14.6 Å². The van der Waals surface area contributed by atoms with E-state index >= 15 is 0 Å². The molecule has 5 nitrogen and oxygen atoms in total. The molecule has 1 saturated heterocycles. The summed E-state index contributed by atoms with van der Waals surface area (Å²) in [6, 6.07) is 11.7. The topological polar surface area (TPSA) is 44.8 Å². The standard InChI is InChI=1S/C22H25ClF3N3O2/c1-16(21(30)27-20-5-3-2-4-19(20)22(24,25)26)29-12-10-28(11-13-29)14-15-31-18-8-6-17(23)7-9-18/h2-9,16H,10-15H2,1H3,(H,27,30)/t16-/m0/s1. The predicted octanol–water partition coefficient (Wildman–Crippen LogP) is 4.38. The molecule has 1 aliphatic rings. The number of rotatable bonds is 7. The van der Waals surface area contributed by atoms with E-state index in [1.54, 1.807) is 19.1 Å². The van der Waals surface area contributed by atoms with Gasteiger partial charge in [0.2, 0.25) is 5.91 Å². The molecule has 168 valence electrons. The van der Waals surface area contributed by atoms with Crippen LogP contribution in [0.15, 0.2) is 48.5 Å². The number of carbonyl (C=O) groups is 1. The number of nitrogens with zero attached hydrogens (tertiary/aromatic N) is 2.